The van der Waals surface area contributed by atoms with Gasteiger partial charge in [-0.3, -0.25) is 19.2 Å². The van der Waals surface area contributed by atoms with Crippen LogP contribution in [0.3, 0.4) is 0 Å². The molecule has 3 aliphatic heterocycles. The van der Waals surface area contributed by atoms with Gasteiger partial charge in [-0.25, -0.2) is 0 Å². The number of alkyl halides is 1. The smallest absolute Gasteiger partial charge is 0.313 e. The molecule has 258 valence electrons. The van der Waals surface area contributed by atoms with Crippen molar-refractivity contribution in [3.8, 4) is 0 Å². The highest BCUT2D eigenvalue weighted by Gasteiger charge is 2.77. The van der Waals surface area contributed by atoms with Crippen molar-refractivity contribution >= 4 is 39.6 Å². The Morgan fingerprint density at radius 3 is 2.53 bits per heavy atom. The SMILES string of the molecule is C=CCCC(=O)N[C@H](COC)[C@H](OC(=O)[C@H]1[C@@H]2O[C@@]3(CC2Br)[C@@H]1C(=O)N(CCCO)[C@@H]3C(=O)N(CC=C)C(C)(C)C)c1ccccc1. The Hall–Kier alpha value is -3.06. The first-order valence-corrected chi connectivity index (χ1v) is 17.1. The molecule has 1 aromatic rings. The Balaban J connectivity index is 1.73. The molecule has 2 bridgehead atoms. The van der Waals surface area contributed by atoms with Crippen molar-refractivity contribution in [2.24, 2.45) is 11.8 Å². The lowest BCUT2D eigenvalue weighted by Gasteiger charge is -2.42. The number of methoxy groups -OCH3 is 1. The lowest BCUT2D eigenvalue weighted by molar-refractivity contribution is -0.163. The predicted octanol–water partition coefficient (Wildman–Crippen LogP) is 3.31. The zero-order valence-corrected chi connectivity index (χ0v) is 29.3. The van der Waals surface area contributed by atoms with Gasteiger partial charge >= 0.3 is 5.97 Å². The van der Waals surface area contributed by atoms with Crippen LogP contribution in [0.25, 0.3) is 0 Å². The number of aliphatic hydroxyl groups is 1. The van der Waals surface area contributed by atoms with Gasteiger partial charge in [-0.05, 0) is 45.6 Å². The Kier molecular flexibility index (Phi) is 12.1. The second-order valence-corrected chi connectivity index (χ2v) is 14.6. The monoisotopic (exact) mass is 717 g/mol. The van der Waals surface area contributed by atoms with E-state index in [9.17, 15) is 24.3 Å². The van der Waals surface area contributed by atoms with Gasteiger partial charge in [-0.2, -0.15) is 0 Å². The largest absolute Gasteiger partial charge is 0.455 e. The first-order chi connectivity index (χ1) is 22.4. The number of nitrogens with one attached hydrogen (secondary N) is 1. The molecule has 3 aliphatic rings. The van der Waals surface area contributed by atoms with Crippen molar-refractivity contribution in [3.63, 3.8) is 0 Å². The summed E-state index contributed by atoms with van der Waals surface area (Å²) in [6.45, 7) is 13.5. The summed E-state index contributed by atoms with van der Waals surface area (Å²) < 4.78 is 18.4. The fourth-order valence-electron chi connectivity index (χ4n) is 7.26. The van der Waals surface area contributed by atoms with Crippen LogP contribution in [0, 0.1) is 11.8 Å². The molecular weight excluding hydrogens is 670 g/mol. The molecule has 1 spiro atoms. The van der Waals surface area contributed by atoms with E-state index in [0.29, 0.717) is 18.4 Å². The minimum absolute atomic E-state index is 0.0576. The van der Waals surface area contributed by atoms with Gasteiger partial charge in [-0.15, -0.1) is 13.2 Å². The third-order valence-electron chi connectivity index (χ3n) is 9.24. The number of likely N-dealkylation sites (tertiary alicyclic amines) is 1. The fraction of sp³-hybridized carbons (Fsp3) is 0.600. The van der Waals surface area contributed by atoms with Gasteiger partial charge < -0.3 is 34.4 Å². The Morgan fingerprint density at radius 1 is 1.23 bits per heavy atom. The Morgan fingerprint density at radius 2 is 1.94 bits per heavy atom. The molecule has 4 rings (SSSR count). The Labute approximate surface area is 285 Å². The highest BCUT2D eigenvalue weighted by atomic mass is 79.9. The van der Waals surface area contributed by atoms with Crippen molar-refractivity contribution in [1.82, 2.24) is 15.1 Å². The first kappa shape index (κ1) is 36.8. The summed E-state index contributed by atoms with van der Waals surface area (Å²) in [5.74, 6) is -3.60. The molecule has 0 aliphatic carbocycles. The van der Waals surface area contributed by atoms with Crippen LogP contribution in [-0.4, -0.2) is 106 Å². The lowest BCUT2D eigenvalue weighted by atomic mass is 9.70. The number of amides is 3. The third kappa shape index (κ3) is 7.35. The third-order valence-corrected chi connectivity index (χ3v) is 10.1. The summed E-state index contributed by atoms with van der Waals surface area (Å²) in [7, 11) is 1.50. The van der Waals surface area contributed by atoms with Gasteiger partial charge in [0.15, 0.2) is 0 Å². The minimum Gasteiger partial charge on any atom is -0.455 e. The fourth-order valence-corrected chi connectivity index (χ4v) is 8.20. The van der Waals surface area contributed by atoms with Crippen LogP contribution in [0.2, 0.25) is 0 Å². The van der Waals surface area contributed by atoms with Crippen molar-refractivity contribution in [2.75, 3.05) is 33.4 Å². The van der Waals surface area contributed by atoms with Crippen LogP contribution < -0.4 is 5.32 Å². The number of halogens is 1. The van der Waals surface area contributed by atoms with E-state index in [-0.39, 0.29) is 61.7 Å². The summed E-state index contributed by atoms with van der Waals surface area (Å²) >= 11 is 3.70. The van der Waals surface area contributed by atoms with Crippen LogP contribution in [0.5, 0.6) is 0 Å². The number of fused-ring (bicyclic) bond motifs is 1. The number of hydrogen-bond acceptors (Lipinski definition) is 8. The zero-order chi connectivity index (χ0) is 34.5. The van der Waals surface area contributed by atoms with E-state index in [4.69, 9.17) is 14.2 Å². The molecule has 3 fully saturated rings. The summed E-state index contributed by atoms with van der Waals surface area (Å²) in [5, 5.41) is 12.6. The molecule has 3 amide bonds. The topological polar surface area (TPSA) is 135 Å². The summed E-state index contributed by atoms with van der Waals surface area (Å²) in [4.78, 5) is 58.8. The highest BCUT2D eigenvalue weighted by Crippen LogP contribution is 2.60. The number of ether oxygens (including phenoxy) is 3. The van der Waals surface area contributed by atoms with E-state index in [2.05, 4.69) is 34.4 Å². The maximum absolute atomic E-state index is 14.5. The molecule has 12 heteroatoms. The van der Waals surface area contributed by atoms with Crippen LogP contribution in [0.1, 0.15) is 58.1 Å². The van der Waals surface area contributed by atoms with Crippen LogP contribution in [0.4, 0.5) is 0 Å². The molecule has 8 atom stereocenters. The van der Waals surface area contributed by atoms with Gasteiger partial charge in [0.25, 0.3) is 0 Å². The van der Waals surface area contributed by atoms with E-state index in [1.807, 2.05) is 39.0 Å². The molecule has 0 saturated carbocycles. The quantitative estimate of drug-likeness (QED) is 0.151. The molecule has 11 nitrogen and oxygen atoms in total. The first-order valence-electron chi connectivity index (χ1n) is 16.2. The molecule has 3 heterocycles. The number of hydrogen-bond donors (Lipinski definition) is 2. The van der Waals surface area contributed by atoms with Crippen molar-refractivity contribution in [1.29, 1.82) is 0 Å². The number of carbonyl (C=O) groups excluding carboxylic acids is 4. The maximum atomic E-state index is 14.5. The highest BCUT2D eigenvalue weighted by molar-refractivity contribution is 9.09. The van der Waals surface area contributed by atoms with Gasteiger partial charge in [0, 0.05) is 43.6 Å². The molecule has 47 heavy (non-hydrogen) atoms. The number of aliphatic hydroxyl groups excluding tert-OH is 1. The van der Waals surface area contributed by atoms with Gasteiger partial charge in [-0.1, -0.05) is 58.4 Å². The van der Waals surface area contributed by atoms with E-state index < -0.39 is 53.2 Å². The standard InChI is InChI=1S/C35H48BrN3O8/c1-7-9-16-25(41)37-24(21-45-6)28(22-14-11-10-12-15-22)46-33(44)26-27-31(42)38(18-13-19-40)30(35(27)20-23(36)29(26)47-35)32(43)39(17-8-2)34(3,4)5/h7-8,10-12,14-15,23-24,26-30,40H,1-2,9,13,16-21H2,3-6H3,(H,37,41)/t23?,24-,26-,27+,28-,29-,30-,35+/m1/s1. The molecule has 1 aromatic carbocycles. The van der Waals surface area contributed by atoms with E-state index >= 15 is 0 Å². The zero-order valence-electron chi connectivity index (χ0n) is 27.7. The van der Waals surface area contributed by atoms with Crippen molar-refractivity contribution in [2.45, 2.75) is 86.7 Å². The van der Waals surface area contributed by atoms with Crippen molar-refractivity contribution < 1.29 is 38.5 Å². The van der Waals surface area contributed by atoms with Crippen LogP contribution >= 0.6 is 15.9 Å². The van der Waals surface area contributed by atoms with E-state index in [1.54, 1.807) is 29.2 Å². The van der Waals surface area contributed by atoms with Gasteiger partial charge in [0.05, 0.1) is 30.6 Å². The lowest BCUT2D eigenvalue weighted by Crippen LogP contribution is -2.60. The van der Waals surface area contributed by atoms with Gasteiger partial charge in [0.2, 0.25) is 17.7 Å². The second kappa shape index (κ2) is 15.4. The molecule has 2 N–H and O–H groups in total. The van der Waals surface area contributed by atoms with Gasteiger partial charge in [0.1, 0.15) is 17.7 Å². The maximum Gasteiger partial charge on any atom is 0.313 e. The number of rotatable bonds is 16. The normalized spacial score (nSPS) is 27.6. The average molecular weight is 719 g/mol. The number of benzene rings is 1. The summed E-state index contributed by atoms with van der Waals surface area (Å²) in [6, 6.07) is 7.31. The molecular formula is C35H48BrN3O8. The second-order valence-electron chi connectivity index (χ2n) is 13.4. The molecule has 1 unspecified atom stereocenters. The molecule has 3 saturated heterocycles. The molecule has 0 aromatic heterocycles. The number of esters is 1. The summed E-state index contributed by atoms with van der Waals surface area (Å²) in [6.07, 6.45) is 2.91. The van der Waals surface area contributed by atoms with Crippen molar-refractivity contribution in [3.05, 3.63) is 61.2 Å². The average Bonchev–Trinajstić information content (AvgIpc) is 3.62. The predicted molar refractivity (Wildman–Crippen MR) is 179 cm³/mol. The van der Waals surface area contributed by atoms with E-state index in [0.717, 1.165) is 0 Å². The minimum atomic E-state index is -1.29. The number of allylic oxidation sites excluding steroid dienone is 1. The molecule has 0 radical (unpaired) electrons. The Bertz CT molecular complexity index is 1320. The summed E-state index contributed by atoms with van der Waals surface area (Å²) in [5.41, 5.74) is -1.24. The number of carbonyl (C=O) groups is 4. The van der Waals surface area contributed by atoms with Crippen LogP contribution in [-0.2, 0) is 33.4 Å². The van der Waals surface area contributed by atoms with Crippen LogP contribution in [0.15, 0.2) is 55.6 Å². The number of nitrogens with zero attached hydrogens (tertiary/aromatic N) is 2. The van der Waals surface area contributed by atoms with E-state index in [1.165, 1.54) is 12.0 Å².